The molecule has 1 saturated carbocycles. The van der Waals surface area contributed by atoms with Crippen molar-refractivity contribution in [1.29, 1.82) is 0 Å². The van der Waals surface area contributed by atoms with Gasteiger partial charge in [0.15, 0.2) is 11.5 Å². The number of rotatable bonds is 12. The first-order valence-electron chi connectivity index (χ1n) is 13.0. The number of piperidine rings is 1. The summed E-state index contributed by atoms with van der Waals surface area (Å²) in [6.07, 6.45) is 5.37. The molecule has 36 heavy (non-hydrogen) atoms. The van der Waals surface area contributed by atoms with Crippen molar-refractivity contribution >= 4 is 12.0 Å². The molecule has 1 heterocycles. The van der Waals surface area contributed by atoms with Gasteiger partial charge in [-0.25, -0.2) is 4.79 Å². The molecule has 2 N–H and O–H groups in total. The van der Waals surface area contributed by atoms with E-state index in [4.69, 9.17) is 18.9 Å². The number of nitrogens with one attached hydrogen (secondary N) is 2. The van der Waals surface area contributed by atoms with Crippen molar-refractivity contribution in [3.63, 3.8) is 0 Å². The summed E-state index contributed by atoms with van der Waals surface area (Å²) < 4.78 is 22.0. The maximum Gasteiger partial charge on any atom is 0.410 e. The fourth-order valence-electron chi connectivity index (χ4n) is 4.32. The van der Waals surface area contributed by atoms with E-state index in [9.17, 15) is 9.59 Å². The van der Waals surface area contributed by atoms with E-state index in [-0.39, 0.29) is 24.1 Å². The lowest BCUT2D eigenvalue weighted by Gasteiger charge is -2.40. The SMILES string of the molecule is COCCCOc1cc(C(=O)N[C@@H]2CCC(CCNC3CC3)N(C(=O)OC(C)(C)C)C2)ccc1OC. The Kier molecular flexibility index (Phi) is 10.2. The van der Waals surface area contributed by atoms with Gasteiger partial charge in [0.25, 0.3) is 5.91 Å². The second kappa shape index (κ2) is 13.1. The third kappa shape index (κ3) is 8.85. The Bertz CT molecular complexity index is 868. The highest BCUT2D eigenvalue weighted by Crippen LogP contribution is 2.29. The lowest BCUT2D eigenvalue weighted by Crippen LogP contribution is -2.55. The molecule has 9 heteroatoms. The smallest absolute Gasteiger partial charge is 0.410 e. The molecule has 0 bridgehead atoms. The Labute approximate surface area is 215 Å². The zero-order valence-electron chi connectivity index (χ0n) is 22.4. The molecule has 1 aliphatic carbocycles. The largest absolute Gasteiger partial charge is 0.493 e. The Morgan fingerprint density at radius 2 is 1.78 bits per heavy atom. The van der Waals surface area contributed by atoms with E-state index in [1.54, 1.807) is 37.3 Å². The number of ether oxygens (including phenoxy) is 4. The van der Waals surface area contributed by atoms with Gasteiger partial charge in [-0.05, 0) is 77.6 Å². The molecular weight excluding hydrogens is 462 g/mol. The van der Waals surface area contributed by atoms with Crippen LogP contribution in [-0.2, 0) is 9.47 Å². The van der Waals surface area contributed by atoms with Crippen LogP contribution in [0.25, 0.3) is 0 Å². The predicted molar refractivity (Wildman–Crippen MR) is 138 cm³/mol. The molecule has 0 spiro atoms. The van der Waals surface area contributed by atoms with Crippen LogP contribution in [0.15, 0.2) is 18.2 Å². The highest BCUT2D eigenvalue weighted by Gasteiger charge is 2.35. The molecular formula is C27H43N3O6. The standard InChI is InChI=1S/C27H43N3O6/c1-27(2,3)36-26(32)30-18-21(10-11-22(30)13-14-28-20-8-9-20)29-25(31)19-7-12-23(34-5)24(17-19)35-16-6-15-33-4/h7,12,17,20-22,28H,6,8-11,13-16,18H2,1-5H3,(H,29,31)/t21-,22?/m1/s1. The van der Waals surface area contributed by atoms with Gasteiger partial charge in [0.2, 0.25) is 0 Å². The topological polar surface area (TPSA) is 98.4 Å². The van der Waals surface area contributed by atoms with Crippen molar-refractivity contribution in [3.05, 3.63) is 23.8 Å². The molecule has 0 aromatic heterocycles. The second-order valence-electron chi connectivity index (χ2n) is 10.6. The van der Waals surface area contributed by atoms with E-state index in [1.165, 1.54) is 12.8 Å². The normalized spacial score (nSPS) is 20.1. The number of nitrogens with zero attached hydrogens (tertiary/aromatic N) is 1. The number of benzene rings is 1. The zero-order chi connectivity index (χ0) is 26.1. The summed E-state index contributed by atoms with van der Waals surface area (Å²) >= 11 is 0. The van der Waals surface area contributed by atoms with E-state index >= 15 is 0 Å². The quantitative estimate of drug-likeness (QED) is 0.418. The fourth-order valence-corrected chi connectivity index (χ4v) is 4.32. The van der Waals surface area contributed by atoms with Gasteiger partial charge in [-0.15, -0.1) is 0 Å². The summed E-state index contributed by atoms with van der Waals surface area (Å²) in [5, 5.41) is 6.64. The number of methoxy groups -OCH3 is 2. The van der Waals surface area contributed by atoms with Crippen LogP contribution in [-0.4, -0.2) is 81.1 Å². The summed E-state index contributed by atoms with van der Waals surface area (Å²) in [5.41, 5.74) is -0.0931. The number of carbonyl (C=O) groups is 2. The van der Waals surface area contributed by atoms with Crippen LogP contribution in [0.3, 0.4) is 0 Å². The number of carbonyl (C=O) groups excluding carboxylic acids is 2. The van der Waals surface area contributed by atoms with Gasteiger partial charge in [0, 0.05) is 50.4 Å². The molecule has 1 aliphatic heterocycles. The summed E-state index contributed by atoms with van der Waals surface area (Å²) in [4.78, 5) is 27.9. The van der Waals surface area contributed by atoms with Crippen LogP contribution in [0.2, 0.25) is 0 Å². The number of hydrogen-bond donors (Lipinski definition) is 2. The highest BCUT2D eigenvalue weighted by molar-refractivity contribution is 5.95. The third-order valence-electron chi connectivity index (χ3n) is 6.33. The molecule has 2 fully saturated rings. The first-order valence-corrected chi connectivity index (χ1v) is 13.0. The van der Waals surface area contributed by atoms with Crippen LogP contribution in [0.5, 0.6) is 11.5 Å². The van der Waals surface area contributed by atoms with Crippen LogP contribution < -0.4 is 20.1 Å². The Hall–Kier alpha value is -2.52. The molecule has 9 nitrogen and oxygen atoms in total. The number of likely N-dealkylation sites (tertiary alicyclic amines) is 1. The predicted octanol–water partition coefficient (Wildman–Crippen LogP) is 3.75. The van der Waals surface area contributed by atoms with Gasteiger partial charge < -0.3 is 34.5 Å². The minimum Gasteiger partial charge on any atom is -0.493 e. The molecule has 3 rings (SSSR count). The van der Waals surface area contributed by atoms with Crippen LogP contribution in [0.1, 0.15) is 69.7 Å². The lowest BCUT2D eigenvalue weighted by molar-refractivity contribution is 0.00487. The van der Waals surface area contributed by atoms with E-state index in [0.717, 1.165) is 32.2 Å². The van der Waals surface area contributed by atoms with Crippen LogP contribution in [0, 0.1) is 0 Å². The summed E-state index contributed by atoms with van der Waals surface area (Å²) in [7, 11) is 3.22. The van der Waals surface area contributed by atoms with Gasteiger partial charge in [-0.2, -0.15) is 0 Å². The van der Waals surface area contributed by atoms with Crippen molar-refractivity contribution in [3.8, 4) is 11.5 Å². The molecule has 2 atom stereocenters. The van der Waals surface area contributed by atoms with Crippen molar-refractivity contribution in [1.82, 2.24) is 15.5 Å². The van der Waals surface area contributed by atoms with Crippen molar-refractivity contribution in [2.75, 3.05) is 40.5 Å². The van der Waals surface area contributed by atoms with Crippen molar-refractivity contribution < 1.29 is 28.5 Å². The van der Waals surface area contributed by atoms with Gasteiger partial charge in [0.05, 0.1) is 13.7 Å². The van der Waals surface area contributed by atoms with Gasteiger partial charge in [0.1, 0.15) is 5.60 Å². The second-order valence-corrected chi connectivity index (χ2v) is 10.6. The molecule has 1 aromatic rings. The molecule has 1 unspecified atom stereocenters. The Morgan fingerprint density at radius 3 is 2.44 bits per heavy atom. The minimum absolute atomic E-state index is 0.0901. The number of amides is 2. The molecule has 0 radical (unpaired) electrons. The molecule has 2 aliphatic rings. The van der Waals surface area contributed by atoms with Crippen molar-refractivity contribution in [2.24, 2.45) is 0 Å². The van der Waals surface area contributed by atoms with Gasteiger partial charge in [-0.3, -0.25) is 4.79 Å². The van der Waals surface area contributed by atoms with Gasteiger partial charge >= 0.3 is 6.09 Å². The Balaban J connectivity index is 1.62. The molecule has 1 saturated heterocycles. The number of hydrogen-bond acceptors (Lipinski definition) is 7. The zero-order valence-corrected chi connectivity index (χ0v) is 22.4. The molecule has 202 valence electrons. The van der Waals surface area contributed by atoms with Crippen LogP contribution in [0.4, 0.5) is 4.79 Å². The first-order chi connectivity index (χ1) is 17.2. The van der Waals surface area contributed by atoms with E-state index in [1.807, 2.05) is 20.8 Å². The van der Waals surface area contributed by atoms with Crippen molar-refractivity contribution in [2.45, 2.75) is 83.0 Å². The lowest BCUT2D eigenvalue weighted by atomic mass is 9.96. The monoisotopic (exact) mass is 505 g/mol. The molecule has 2 amide bonds. The van der Waals surface area contributed by atoms with Gasteiger partial charge in [-0.1, -0.05) is 0 Å². The molecule has 1 aromatic carbocycles. The average Bonchev–Trinajstić information content (AvgIpc) is 3.66. The fraction of sp³-hybridized carbons (Fsp3) is 0.704. The highest BCUT2D eigenvalue weighted by atomic mass is 16.6. The maximum atomic E-state index is 13.1. The van der Waals surface area contributed by atoms with E-state index < -0.39 is 5.60 Å². The minimum atomic E-state index is -0.577. The van der Waals surface area contributed by atoms with E-state index in [0.29, 0.717) is 42.9 Å². The third-order valence-corrected chi connectivity index (χ3v) is 6.33. The maximum absolute atomic E-state index is 13.1. The summed E-state index contributed by atoms with van der Waals surface area (Å²) in [5.74, 6) is 0.881. The summed E-state index contributed by atoms with van der Waals surface area (Å²) in [6.45, 7) is 7.97. The first kappa shape index (κ1) is 28.1. The Morgan fingerprint density at radius 1 is 1.03 bits per heavy atom. The van der Waals surface area contributed by atoms with E-state index in [2.05, 4.69) is 10.6 Å². The average molecular weight is 506 g/mol. The summed E-state index contributed by atoms with van der Waals surface area (Å²) in [6, 6.07) is 5.71. The van der Waals surface area contributed by atoms with Crippen LogP contribution >= 0.6 is 0 Å².